The number of halogens is 2. The van der Waals surface area contributed by atoms with Crippen LogP contribution in [0.3, 0.4) is 0 Å². The van der Waals surface area contributed by atoms with Crippen LogP contribution in [0, 0.1) is 0 Å². The van der Waals surface area contributed by atoms with Gasteiger partial charge in [-0.05, 0) is 37.4 Å². The van der Waals surface area contributed by atoms with Crippen molar-refractivity contribution in [3.8, 4) is 0 Å². The molecule has 0 saturated carbocycles. The van der Waals surface area contributed by atoms with Gasteiger partial charge in [0.05, 0.1) is 10.7 Å². The third kappa shape index (κ3) is 3.95. The van der Waals surface area contributed by atoms with E-state index in [1.54, 1.807) is 35.2 Å². The highest BCUT2D eigenvalue weighted by molar-refractivity contribution is 6.35. The maximum Gasteiger partial charge on any atom is 0.274 e. The summed E-state index contributed by atoms with van der Waals surface area (Å²) in [6.45, 7) is 3.14. The molecule has 0 bridgehead atoms. The van der Waals surface area contributed by atoms with Gasteiger partial charge in [0.2, 0.25) is 0 Å². The standard InChI is InChI=1S/C16H17Cl2N5O/c1-22-6-8-23(9-7-22)16(24)13-4-5-15(21-20-13)19-14-10-11(17)2-3-12(14)18/h2-5,10H,6-9H2,1H3,(H,19,21). The van der Waals surface area contributed by atoms with Gasteiger partial charge in [-0.2, -0.15) is 0 Å². The van der Waals surface area contributed by atoms with E-state index in [0.717, 1.165) is 13.1 Å². The topological polar surface area (TPSA) is 61.4 Å². The van der Waals surface area contributed by atoms with Crippen molar-refractivity contribution in [2.24, 2.45) is 0 Å². The molecule has 1 fully saturated rings. The molecule has 8 heteroatoms. The van der Waals surface area contributed by atoms with E-state index < -0.39 is 0 Å². The Kier molecular flexibility index (Phi) is 5.18. The van der Waals surface area contributed by atoms with Crippen molar-refractivity contribution >= 4 is 40.6 Å². The molecule has 2 aromatic rings. The highest BCUT2D eigenvalue weighted by atomic mass is 35.5. The van der Waals surface area contributed by atoms with Crippen molar-refractivity contribution in [2.45, 2.75) is 0 Å². The minimum absolute atomic E-state index is 0.0945. The van der Waals surface area contributed by atoms with Crippen molar-refractivity contribution in [3.63, 3.8) is 0 Å². The summed E-state index contributed by atoms with van der Waals surface area (Å²) in [6, 6.07) is 8.47. The molecular weight excluding hydrogens is 349 g/mol. The molecule has 1 saturated heterocycles. The molecule has 1 aromatic heterocycles. The first-order valence-corrected chi connectivity index (χ1v) is 8.32. The second-order valence-corrected chi connectivity index (χ2v) is 6.49. The molecule has 0 aliphatic carbocycles. The Morgan fingerprint density at radius 2 is 1.83 bits per heavy atom. The molecular formula is C16H17Cl2N5O. The fraction of sp³-hybridized carbons (Fsp3) is 0.312. The number of piperazine rings is 1. The largest absolute Gasteiger partial charge is 0.337 e. The van der Waals surface area contributed by atoms with E-state index in [9.17, 15) is 4.79 Å². The van der Waals surface area contributed by atoms with Gasteiger partial charge in [0.25, 0.3) is 5.91 Å². The van der Waals surface area contributed by atoms with E-state index in [-0.39, 0.29) is 5.91 Å². The summed E-state index contributed by atoms with van der Waals surface area (Å²) in [7, 11) is 2.04. The first-order chi connectivity index (χ1) is 11.5. The number of carbonyl (C=O) groups is 1. The summed E-state index contributed by atoms with van der Waals surface area (Å²) in [4.78, 5) is 16.4. The van der Waals surface area contributed by atoms with E-state index in [4.69, 9.17) is 23.2 Å². The zero-order valence-corrected chi connectivity index (χ0v) is 14.7. The quantitative estimate of drug-likeness (QED) is 0.905. The van der Waals surface area contributed by atoms with Crippen LogP contribution >= 0.6 is 23.2 Å². The number of aromatic nitrogens is 2. The average Bonchev–Trinajstić information content (AvgIpc) is 2.59. The van der Waals surface area contributed by atoms with Crippen LogP contribution in [-0.4, -0.2) is 59.1 Å². The van der Waals surface area contributed by atoms with Crippen LogP contribution in [0.25, 0.3) is 0 Å². The zero-order valence-electron chi connectivity index (χ0n) is 13.2. The lowest BCUT2D eigenvalue weighted by molar-refractivity contribution is 0.0657. The first kappa shape index (κ1) is 17.0. The molecule has 0 atom stereocenters. The van der Waals surface area contributed by atoms with E-state index in [1.165, 1.54) is 0 Å². The Hall–Kier alpha value is -1.89. The Morgan fingerprint density at radius 1 is 1.08 bits per heavy atom. The molecule has 1 amide bonds. The van der Waals surface area contributed by atoms with Crippen LogP contribution in [0.5, 0.6) is 0 Å². The number of nitrogens with one attached hydrogen (secondary N) is 1. The minimum Gasteiger partial charge on any atom is -0.337 e. The molecule has 2 heterocycles. The maximum atomic E-state index is 12.4. The molecule has 24 heavy (non-hydrogen) atoms. The van der Waals surface area contributed by atoms with Gasteiger partial charge in [-0.1, -0.05) is 23.2 Å². The number of rotatable bonds is 3. The monoisotopic (exact) mass is 365 g/mol. The van der Waals surface area contributed by atoms with E-state index in [0.29, 0.717) is 40.3 Å². The van der Waals surface area contributed by atoms with Crippen molar-refractivity contribution in [1.82, 2.24) is 20.0 Å². The predicted molar refractivity (Wildman–Crippen MR) is 95.2 cm³/mol. The lowest BCUT2D eigenvalue weighted by Crippen LogP contribution is -2.47. The molecule has 1 aromatic carbocycles. The number of benzene rings is 1. The number of likely N-dealkylation sites (N-methyl/N-ethyl adjacent to an activating group) is 1. The fourth-order valence-electron chi connectivity index (χ4n) is 2.42. The SMILES string of the molecule is CN1CCN(C(=O)c2ccc(Nc3cc(Cl)ccc3Cl)nn2)CC1. The smallest absolute Gasteiger partial charge is 0.274 e. The predicted octanol–water partition coefficient (Wildman–Crippen LogP) is 2.91. The Bertz CT molecular complexity index is 730. The summed E-state index contributed by atoms with van der Waals surface area (Å²) >= 11 is 12.1. The summed E-state index contributed by atoms with van der Waals surface area (Å²) in [5.41, 5.74) is 0.971. The number of hydrogen-bond donors (Lipinski definition) is 1. The molecule has 1 N–H and O–H groups in total. The number of nitrogens with zero attached hydrogens (tertiary/aromatic N) is 4. The second kappa shape index (κ2) is 7.34. The molecule has 1 aliphatic rings. The highest BCUT2D eigenvalue weighted by Gasteiger charge is 2.21. The van der Waals surface area contributed by atoms with E-state index in [1.807, 2.05) is 7.05 Å². The minimum atomic E-state index is -0.0945. The van der Waals surface area contributed by atoms with Gasteiger partial charge < -0.3 is 15.1 Å². The second-order valence-electron chi connectivity index (χ2n) is 5.65. The third-order valence-corrected chi connectivity index (χ3v) is 4.43. The number of hydrogen-bond acceptors (Lipinski definition) is 5. The van der Waals surface area contributed by atoms with Crippen LogP contribution in [0.2, 0.25) is 10.0 Å². The summed E-state index contributed by atoms with van der Waals surface area (Å²) in [5, 5.41) is 12.2. The van der Waals surface area contributed by atoms with Crippen LogP contribution < -0.4 is 5.32 Å². The molecule has 1 aliphatic heterocycles. The Morgan fingerprint density at radius 3 is 2.50 bits per heavy atom. The molecule has 3 rings (SSSR count). The maximum absolute atomic E-state index is 12.4. The Balaban J connectivity index is 1.69. The summed E-state index contributed by atoms with van der Waals surface area (Å²) in [5.74, 6) is 0.400. The highest BCUT2D eigenvalue weighted by Crippen LogP contribution is 2.27. The van der Waals surface area contributed by atoms with Gasteiger partial charge in [-0.3, -0.25) is 4.79 Å². The van der Waals surface area contributed by atoms with Crippen LogP contribution in [0.1, 0.15) is 10.5 Å². The normalized spacial score (nSPS) is 15.4. The number of amides is 1. The van der Waals surface area contributed by atoms with Gasteiger partial charge in [0, 0.05) is 31.2 Å². The van der Waals surface area contributed by atoms with Crippen molar-refractivity contribution < 1.29 is 4.79 Å². The molecule has 0 radical (unpaired) electrons. The van der Waals surface area contributed by atoms with Crippen molar-refractivity contribution in [3.05, 3.63) is 46.1 Å². The van der Waals surface area contributed by atoms with E-state index >= 15 is 0 Å². The van der Waals surface area contributed by atoms with Crippen LogP contribution in [-0.2, 0) is 0 Å². The van der Waals surface area contributed by atoms with Gasteiger partial charge in [-0.25, -0.2) is 0 Å². The summed E-state index contributed by atoms with van der Waals surface area (Å²) in [6.07, 6.45) is 0. The zero-order chi connectivity index (χ0) is 17.1. The fourth-order valence-corrected chi connectivity index (χ4v) is 2.75. The van der Waals surface area contributed by atoms with Gasteiger partial charge >= 0.3 is 0 Å². The number of anilines is 2. The third-order valence-electron chi connectivity index (χ3n) is 3.87. The van der Waals surface area contributed by atoms with Gasteiger partial charge in [0.15, 0.2) is 11.5 Å². The Labute approximate surface area is 150 Å². The molecule has 126 valence electrons. The van der Waals surface area contributed by atoms with Gasteiger partial charge in [-0.15, -0.1) is 10.2 Å². The lowest BCUT2D eigenvalue weighted by atomic mass is 10.2. The van der Waals surface area contributed by atoms with Crippen molar-refractivity contribution in [2.75, 3.05) is 38.5 Å². The lowest BCUT2D eigenvalue weighted by Gasteiger charge is -2.32. The van der Waals surface area contributed by atoms with Crippen molar-refractivity contribution in [1.29, 1.82) is 0 Å². The number of carbonyl (C=O) groups excluding carboxylic acids is 1. The van der Waals surface area contributed by atoms with E-state index in [2.05, 4.69) is 20.4 Å². The molecule has 6 nitrogen and oxygen atoms in total. The van der Waals surface area contributed by atoms with Crippen LogP contribution in [0.15, 0.2) is 30.3 Å². The van der Waals surface area contributed by atoms with Gasteiger partial charge in [0.1, 0.15) is 0 Å². The molecule has 0 unspecified atom stereocenters. The summed E-state index contributed by atoms with van der Waals surface area (Å²) < 4.78 is 0. The molecule has 0 spiro atoms. The first-order valence-electron chi connectivity index (χ1n) is 7.56. The average molecular weight is 366 g/mol. The van der Waals surface area contributed by atoms with Crippen LogP contribution in [0.4, 0.5) is 11.5 Å².